The molecule has 110 valence electrons. The topological polar surface area (TPSA) is 61.8 Å². The molecule has 1 aromatic carbocycles. The minimum absolute atomic E-state index is 0.108. The Morgan fingerprint density at radius 3 is 2.75 bits per heavy atom. The lowest BCUT2D eigenvalue weighted by Gasteiger charge is -2.37. The van der Waals surface area contributed by atoms with Gasteiger partial charge < -0.3 is 15.8 Å². The molecule has 1 aromatic rings. The van der Waals surface area contributed by atoms with Gasteiger partial charge in [0.25, 0.3) is 0 Å². The van der Waals surface area contributed by atoms with Crippen LogP contribution in [0, 0.1) is 17.7 Å². The standard InChI is InChI=1S/C14H19BrFN3O/c1-8-5-6-19(7-9(8)2)11-4-3-10(14(17)18-20)12(15)13(11)16/h3-4,8-9,20H,5-7H2,1-2H3,(H2,17,18). The fourth-order valence-electron chi connectivity index (χ4n) is 2.52. The van der Waals surface area contributed by atoms with Crippen LogP contribution in [0.15, 0.2) is 21.8 Å². The zero-order chi connectivity index (χ0) is 14.9. The molecule has 1 aliphatic rings. The molecule has 2 atom stereocenters. The summed E-state index contributed by atoms with van der Waals surface area (Å²) in [6, 6.07) is 3.36. The molecule has 20 heavy (non-hydrogen) atoms. The van der Waals surface area contributed by atoms with Crippen molar-refractivity contribution in [3.8, 4) is 0 Å². The first-order chi connectivity index (χ1) is 9.45. The summed E-state index contributed by atoms with van der Waals surface area (Å²) in [4.78, 5) is 2.06. The number of hydrogen-bond donors (Lipinski definition) is 2. The Balaban J connectivity index is 2.33. The number of rotatable bonds is 2. The van der Waals surface area contributed by atoms with Gasteiger partial charge in [0, 0.05) is 18.7 Å². The summed E-state index contributed by atoms with van der Waals surface area (Å²) >= 11 is 3.19. The number of anilines is 1. The van der Waals surface area contributed by atoms with Gasteiger partial charge in [0.1, 0.15) is 0 Å². The number of oxime groups is 1. The molecule has 1 fully saturated rings. The van der Waals surface area contributed by atoms with Crippen molar-refractivity contribution in [1.82, 2.24) is 0 Å². The van der Waals surface area contributed by atoms with Gasteiger partial charge in [-0.15, -0.1) is 0 Å². The average Bonchev–Trinajstić information content (AvgIpc) is 2.44. The quantitative estimate of drug-likeness (QED) is 0.375. The molecule has 4 nitrogen and oxygen atoms in total. The van der Waals surface area contributed by atoms with Crippen LogP contribution in [0.3, 0.4) is 0 Å². The summed E-state index contributed by atoms with van der Waals surface area (Å²) in [7, 11) is 0. The summed E-state index contributed by atoms with van der Waals surface area (Å²) < 4.78 is 14.7. The van der Waals surface area contributed by atoms with E-state index in [-0.39, 0.29) is 16.1 Å². The van der Waals surface area contributed by atoms with Crippen LogP contribution in [0.2, 0.25) is 0 Å². The van der Waals surface area contributed by atoms with Crippen LogP contribution in [0.4, 0.5) is 10.1 Å². The maximum atomic E-state index is 14.5. The van der Waals surface area contributed by atoms with Gasteiger partial charge in [0.2, 0.25) is 0 Å². The summed E-state index contributed by atoms with van der Waals surface area (Å²) in [5.41, 5.74) is 6.44. The number of halogens is 2. The number of piperidine rings is 1. The van der Waals surface area contributed by atoms with Gasteiger partial charge in [-0.3, -0.25) is 0 Å². The lowest BCUT2D eigenvalue weighted by atomic mass is 9.88. The number of benzene rings is 1. The number of hydrogen-bond acceptors (Lipinski definition) is 3. The summed E-state index contributed by atoms with van der Waals surface area (Å²) in [6.07, 6.45) is 1.06. The third-order valence-corrected chi connectivity index (χ3v) is 4.90. The average molecular weight is 344 g/mol. The van der Waals surface area contributed by atoms with E-state index < -0.39 is 0 Å². The lowest BCUT2D eigenvalue weighted by Crippen LogP contribution is -2.39. The summed E-state index contributed by atoms with van der Waals surface area (Å²) in [6.45, 7) is 6.11. The van der Waals surface area contributed by atoms with Gasteiger partial charge in [-0.2, -0.15) is 0 Å². The van der Waals surface area contributed by atoms with Crippen molar-refractivity contribution < 1.29 is 9.60 Å². The second-order valence-electron chi connectivity index (χ2n) is 5.43. The first-order valence-corrected chi connectivity index (χ1v) is 7.45. The highest BCUT2D eigenvalue weighted by atomic mass is 79.9. The molecule has 0 radical (unpaired) electrons. The molecule has 1 heterocycles. The lowest BCUT2D eigenvalue weighted by molar-refractivity contribution is 0.318. The van der Waals surface area contributed by atoms with E-state index in [1.54, 1.807) is 12.1 Å². The second-order valence-corrected chi connectivity index (χ2v) is 6.23. The third kappa shape index (κ3) is 2.75. The van der Waals surface area contributed by atoms with Crippen LogP contribution in [-0.4, -0.2) is 24.1 Å². The fourth-order valence-corrected chi connectivity index (χ4v) is 3.06. The zero-order valence-electron chi connectivity index (χ0n) is 11.6. The van der Waals surface area contributed by atoms with Crippen molar-refractivity contribution in [2.24, 2.45) is 22.7 Å². The predicted octanol–water partition coefficient (Wildman–Crippen LogP) is 3.17. The van der Waals surface area contributed by atoms with E-state index in [1.807, 2.05) is 0 Å². The van der Waals surface area contributed by atoms with Crippen molar-refractivity contribution >= 4 is 27.5 Å². The fraction of sp³-hybridized carbons (Fsp3) is 0.500. The van der Waals surface area contributed by atoms with E-state index in [2.05, 4.69) is 39.8 Å². The maximum absolute atomic E-state index is 14.5. The van der Waals surface area contributed by atoms with Crippen molar-refractivity contribution in [1.29, 1.82) is 0 Å². The number of amidine groups is 1. The minimum Gasteiger partial charge on any atom is -0.409 e. The normalized spacial score (nSPS) is 24.0. The van der Waals surface area contributed by atoms with E-state index in [9.17, 15) is 4.39 Å². The van der Waals surface area contributed by atoms with Crippen molar-refractivity contribution in [3.05, 3.63) is 28.0 Å². The molecular formula is C14H19BrFN3O. The van der Waals surface area contributed by atoms with Crippen LogP contribution in [-0.2, 0) is 0 Å². The molecule has 0 spiro atoms. The monoisotopic (exact) mass is 343 g/mol. The molecule has 1 saturated heterocycles. The third-order valence-electron chi connectivity index (χ3n) is 4.12. The summed E-state index contributed by atoms with van der Waals surface area (Å²) in [5.74, 6) is 0.721. The van der Waals surface area contributed by atoms with E-state index >= 15 is 0 Å². The van der Waals surface area contributed by atoms with Crippen LogP contribution in [0.1, 0.15) is 25.8 Å². The molecule has 3 N–H and O–H groups in total. The molecular weight excluding hydrogens is 325 g/mol. The van der Waals surface area contributed by atoms with Gasteiger partial charge in [-0.25, -0.2) is 4.39 Å². The molecule has 0 aliphatic carbocycles. The van der Waals surface area contributed by atoms with Crippen LogP contribution in [0.25, 0.3) is 0 Å². The van der Waals surface area contributed by atoms with Gasteiger partial charge in [-0.1, -0.05) is 19.0 Å². The predicted molar refractivity (Wildman–Crippen MR) is 81.8 cm³/mol. The van der Waals surface area contributed by atoms with E-state index in [0.717, 1.165) is 19.5 Å². The molecule has 0 bridgehead atoms. The molecule has 0 aromatic heterocycles. The Bertz CT molecular complexity index is 535. The first kappa shape index (κ1) is 15.1. The van der Waals surface area contributed by atoms with E-state index in [4.69, 9.17) is 10.9 Å². The van der Waals surface area contributed by atoms with Gasteiger partial charge in [0.15, 0.2) is 11.7 Å². The largest absolute Gasteiger partial charge is 0.409 e. The summed E-state index contributed by atoms with van der Waals surface area (Å²) in [5, 5.41) is 11.6. The van der Waals surface area contributed by atoms with Crippen LogP contribution in [0.5, 0.6) is 0 Å². The van der Waals surface area contributed by atoms with Crippen molar-refractivity contribution in [2.45, 2.75) is 20.3 Å². The molecule has 2 rings (SSSR count). The van der Waals surface area contributed by atoms with Gasteiger partial charge >= 0.3 is 0 Å². The van der Waals surface area contributed by atoms with E-state index in [1.165, 1.54) is 0 Å². The highest BCUT2D eigenvalue weighted by Crippen LogP contribution is 2.33. The number of nitrogens with two attached hydrogens (primary N) is 1. The van der Waals surface area contributed by atoms with Crippen molar-refractivity contribution in [3.63, 3.8) is 0 Å². The Labute approximate surface area is 126 Å². The van der Waals surface area contributed by atoms with Crippen LogP contribution < -0.4 is 10.6 Å². The highest BCUT2D eigenvalue weighted by Gasteiger charge is 2.26. The second kappa shape index (κ2) is 5.99. The van der Waals surface area contributed by atoms with Gasteiger partial charge in [-0.05, 0) is 46.3 Å². The zero-order valence-corrected chi connectivity index (χ0v) is 13.2. The van der Waals surface area contributed by atoms with E-state index in [0.29, 0.717) is 23.1 Å². The van der Waals surface area contributed by atoms with Crippen molar-refractivity contribution in [2.75, 3.05) is 18.0 Å². The molecule has 2 unspecified atom stereocenters. The highest BCUT2D eigenvalue weighted by molar-refractivity contribution is 9.10. The van der Waals surface area contributed by atoms with Gasteiger partial charge in [0.05, 0.1) is 10.2 Å². The maximum Gasteiger partial charge on any atom is 0.171 e. The Kier molecular flexibility index (Phi) is 4.52. The Morgan fingerprint density at radius 1 is 1.45 bits per heavy atom. The molecule has 0 amide bonds. The molecule has 6 heteroatoms. The number of nitrogens with zero attached hydrogens (tertiary/aromatic N) is 2. The first-order valence-electron chi connectivity index (χ1n) is 6.66. The smallest absolute Gasteiger partial charge is 0.171 e. The SMILES string of the molecule is CC1CCN(c2ccc(/C(N)=N/O)c(Br)c2F)CC1C. The Hall–Kier alpha value is -1.30. The molecule has 1 aliphatic heterocycles. The minimum atomic E-state index is -0.365. The Morgan fingerprint density at radius 2 is 2.15 bits per heavy atom. The van der Waals surface area contributed by atoms with Crippen LogP contribution >= 0.6 is 15.9 Å². The molecule has 0 saturated carbocycles.